The summed E-state index contributed by atoms with van der Waals surface area (Å²) < 4.78 is 7.83. The van der Waals surface area contributed by atoms with Crippen LogP contribution in [0.2, 0.25) is 0 Å². The van der Waals surface area contributed by atoms with Crippen molar-refractivity contribution in [3.05, 3.63) is 26.6 Å². The highest BCUT2D eigenvalue weighted by Gasteiger charge is 2.08. The standard InChI is InChI=1S/C13H17Br3O/c1-2-3-4-5-6-17-13-11(15)7-10(9-14)8-12(13)16/h7-8H,2-6,9H2,1H3. The van der Waals surface area contributed by atoms with Crippen LogP contribution in [0, 0.1) is 0 Å². The lowest BCUT2D eigenvalue weighted by Crippen LogP contribution is -1.99. The van der Waals surface area contributed by atoms with Crippen molar-refractivity contribution in [2.45, 2.75) is 37.9 Å². The number of hydrogen-bond donors (Lipinski definition) is 0. The zero-order valence-electron chi connectivity index (χ0n) is 9.94. The van der Waals surface area contributed by atoms with Crippen LogP contribution in [0.15, 0.2) is 21.1 Å². The summed E-state index contributed by atoms with van der Waals surface area (Å²) >= 11 is 10.5. The van der Waals surface area contributed by atoms with Crippen molar-refractivity contribution in [1.82, 2.24) is 0 Å². The highest BCUT2D eigenvalue weighted by Crippen LogP contribution is 2.35. The summed E-state index contributed by atoms with van der Waals surface area (Å²) in [5, 5.41) is 0.848. The number of alkyl halides is 1. The van der Waals surface area contributed by atoms with Crippen LogP contribution in [0.1, 0.15) is 38.2 Å². The van der Waals surface area contributed by atoms with E-state index in [2.05, 4.69) is 66.8 Å². The lowest BCUT2D eigenvalue weighted by atomic mass is 10.2. The summed E-state index contributed by atoms with van der Waals surface area (Å²) in [7, 11) is 0. The second-order valence-electron chi connectivity index (χ2n) is 3.93. The highest BCUT2D eigenvalue weighted by atomic mass is 79.9. The highest BCUT2D eigenvalue weighted by molar-refractivity contribution is 9.11. The fraction of sp³-hybridized carbons (Fsp3) is 0.538. The largest absolute Gasteiger partial charge is 0.491 e. The Kier molecular flexibility index (Phi) is 7.80. The molecule has 0 aliphatic heterocycles. The molecule has 0 heterocycles. The van der Waals surface area contributed by atoms with Crippen LogP contribution in [0.5, 0.6) is 5.75 Å². The molecule has 0 N–H and O–H groups in total. The second-order valence-corrected chi connectivity index (χ2v) is 6.20. The predicted molar refractivity (Wildman–Crippen MR) is 84.1 cm³/mol. The van der Waals surface area contributed by atoms with Gasteiger partial charge in [-0.3, -0.25) is 0 Å². The van der Waals surface area contributed by atoms with Gasteiger partial charge in [0.25, 0.3) is 0 Å². The molecule has 17 heavy (non-hydrogen) atoms. The number of halogens is 3. The minimum Gasteiger partial charge on any atom is -0.491 e. The summed E-state index contributed by atoms with van der Waals surface area (Å²) in [6.45, 7) is 3.00. The zero-order chi connectivity index (χ0) is 12.7. The van der Waals surface area contributed by atoms with Crippen LogP contribution in [0.3, 0.4) is 0 Å². The molecule has 0 fully saturated rings. The molecule has 0 spiro atoms. The van der Waals surface area contributed by atoms with E-state index in [0.29, 0.717) is 0 Å². The van der Waals surface area contributed by atoms with Gasteiger partial charge in [0.05, 0.1) is 15.6 Å². The molecule has 1 rings (SSSR count). The van der Waals surface area contributed by atoms with Crippen LogP contribution in [-0.2, 0) is 5.33 Å². The van der Waals surface area contributed by atoms with E-state index in [1.807, 2.05) is 0 Å². The van der Waals surface area contributed by atoms with Gasteiger partial charge in [0, 0.05) is 5.33 Å². The summed E-state index contributed by atoms with van der Waals surface area (Å²) in [6.07, 6.45) is 4.90. The molecule has 1 aromatic rings. The van der Waals surface area contributed by atoms with Crippen LogP contribution < -0.4 is 4.74 Å². The number of hydrogen-bond acceptors (Lipinski definition) is 1. The number of unbranched alkanes of at least 4 members (excludes halogenated alkanes) is 3. The summed E-state index contributed by atoms with van der Waals surface area (Å²) in [5.41, 5.74) is 1.22. The summed E-state index contributed by atoms with van der Waals surface area (Å²) in [4.78, 5) is 0. The van der Waals surface area contributed by atoms with E-state index in [1.54, 1.807) is 0 Å². The van der Waals surface area contributed by atoms with E-state index in [4.69, 9.17) is 4.74 Å². The first-order chi connectivity index (χ1) is 8.19. The summed E-state index contributed by atoms with van der Waals surface area (Å²) in [6, 6.07) is 4.17. The van der Waals surface area contributed by atoms with Crippen molar-refractivity contribution in [2.75, 3.05) is 6.61 Å². The van der Waals surface area contributed by atoms with Crippen molar-refractivity contribution >= 4 is 47.8 Å². The SMILES string of the molecule is CCCCCCOc1c(Br)cc(CBr)cc1Br. The van der Waals surface area contributed by atoms with Gasteiger partial charge >= 0.3 is 0 Å². The van der Waals surface area contributed by atoms with Crippen molar-refractivity contribution in [1.29, 1.82) is 0 Å². The Labute approximate surface area is 129 Å². The van der Waals surface area contributed by atoms with Crippen molar-refractivity contribution in [3.63, 3.8) is 0 Å². The number of ether oxygens (including phenoxy) is 1. The first-order valence-electron chi connectivity index (χ1n) is 5.85. The van der Waals surface area contributed by atoms with E-state index in [9.17, 15) is 0 Å². The van der Waals surface area contributed by atoms with Gasteiger partial charge in [0.15, 0.2) is 0 Å². The van der Waals surface area contributed by atoms with E-state index >= 15 is 0 Å². The zero-order valence-corrected chi connectivity index (χ0v) is 14.7. The Morgan fingerprint density at radius 1 is 1.06 bits per heavy atom. The minimum atomic E-state index is 0.783. The molecule has 0 aliphatic rings. The van der Waals surface area contributed by atoms with Gasteiger partial charge < -0.3 is 4.74 Å². The molecule has 4 heteroatoms. The third kappa shape index (κ3) is 5.31. The maximum atomic E-state index is 5.80. The lowest BCUT2D eigenvalue weighted by molar-refractivity contribution is 0.301. The molecule has 1 aromatic carbocycles. The van der Waals surface area contributed by atoms with Gasteiger partial charge in [0.2, 0.25) is 0 Å². The van der Waals surface area contributed by atoms with E-state index in [-0.39, 0.29) is 0 Å². The normalized spacial score (nSPS) is 10.6. The molecule has 0 bridgehead atoms. The Hall–Kier alpha value is 0.460. The van der Waals surface area contributed by atoms with E-state index in [1.165, 1.54) is 24.8 Å². The van der Waals surface area contributed by atoms with Crippen molar-refractivity contribution in [3.8, 4) is 5.75 Å². The van der Waals surface area contributed by atoms with Gasteiger partial charge in [-0.05, 0) is 56.0 Å². The molecule has 1 nitrogen and oxygen atoms in total. The maximum Gasteiger partial charge on any atom is 0.147 e. The smallest absolute Gasteiger partial charge is 0.147 e. The average molecular weight is 429 g/mol. The second kappa shape index (κ2) is 8.54. The van der Waals surface area contributed by atoms with Gasteiger partial charge in [0.1, 0.15) is 5.75 Å². The lowest BCUT2D eigenvalue weighted by Gasteiger charge is -2.11. The molecule has 0 unspecified atom stereocenters. The van der Waals surface area contributed by atoms with E-state index in [0.717, 1.165) is 33.1 Å². The fourth-order valence-electron chi connectivity index (χ4n) is 1.53. The molecule has 0 radical (unpaired) electrons. The van der Waals surface area contributed by atoms with Crippen LogP contribution >= 0.6 is 47.8 Å². The molecule has 0 atom stereocenters. The Morgan fingerprint density at radius 3 is 2.24 bits per heavy atom. The Bertz CT molecular complexity index is 330. The van der Waals surface area contributed by atoms with Gasteiger partial charge in [-0.2, -0.15) is 0 Å². The molecule has 0 saturated carbocycles. The first kappa shape index (κ1) is 15.5. The topological polar surface area (TPSA) is 9.23 Å². The summed E-state index contributed by atoms with van der Waals surface area (Å²) in [5.74, 6) is 0.909. The van der Waals surface area contributed by atoms with Crippen LogP contribution in [-0.4, -0.2) is 6.61 Å². The molecule has 0 amide bonds. The minimum absolute atomic E-state index is 0.783. The van der Waals surface area contributed by atoms with Gasteiger partial charge in [-0.25, -0.2) is 0 Å². The first-order valence-corrected chi connectivity index (χ1v) is 8.56. The molecule has 0 aliphatic carbocycles. The molecule has 0 aromatic heterocycles. The van der Waals surface area contributed by atoms with Crippen LogP contribution in [0.25, 0.3) is 0 Å². The maximum absolute atomic E-state index is 5.80. The third-order valence-electron chi connectivity index (χ3n) is 2.46. The number of rotatable bonds is 7. The third-order valence-corrected chi connectivity index (χ3v) is 4.28. The quantitative estimate of drug-likeness (QED) is 0.378. The van der Waals surface area contributed by atoms with Gasteiger partial charge in [-0.15, -0.1) is 0 Å². The van der Waals surface area contributed by atoms with Crippen LogP contribution in [0.4, 0.5) is 0 Å². The average Bonchev–Trinajstić information content (AvgIpc) is 2.31. The fourth-order valence-corrected chi connectivity index (χ4v) is 3.36. The van der Waals surface area contributed by atoms with Crippen molar-refractivity contribution < 1.29 is 4.74 Å². The van der Waals surface area contributed by atoms with Crippen molar-refractivity contribution in [2.24, 2.45) is 0 Å². The van der Waals surface area contributed by atoms with Gasteiger partial charge in [-0.1, -0.05) is 42.1 Å². The monoisotopic (exact) mass is 426 g/mol. The molecular formula is C13H17Br3O. The predicted octanol–water partition coefficient (Wildman–Crippen LogP) is 6.07. The Balaban J connectivity index is 2.53. The molecule has 0 saturated heterocycles. The molecule has 96 valence electrons. The van der Waals surface area contributed by atoms with E-state index < -0.39 is 0 Å². The number of benzene rings is 1. The Morgan fingerprint density at radius 2 is 1.71 bits per heavy atom. The molecular weight excluding hydrogens is 412 g/mol.